The topological polar surface area (TPSA) is 58.6 Å². The highest BCUT2D eigenvalue weighted by molar-refractivity contribution is 6.36. The van der Waals surface area contributed by atoms with Crippen LogP contribution in [0, 0.1) is 0 Å². The van der Waals surface area contributed by atoms with Gasteiger partial charge in [0, 0.05) is 29.2 Å². The minimum atomic E-state index is -0.622. The average molecular weight is 423 g/mol. The van der Waals surface area contributed by atoms with Gasteiger partial charge in [0.25, 0.3) is 0 Å². The second-order valence-electron chi connectivity index (χ2n) is 6.29. The average Bonchev–Trinajstić information content (AvgIpc) is 2.70. The van der Waals surface area contributed by atoms with Crippen molar-refractivity contribution in [3.05, 3.63) is 63.6 Å². The van der Waals surface area contributed by atoms with Crippen molar-refractivity contribution >= 4 is 35.0 Å². The summed E-state index contributed by atoms with van der Waals surface area (Å²) in [6.45, 7) is 2.02. The number of methoxy groups -OCH3 is 1. The second-order valence-corrected chi connectivity index (χ2v) is 7.10. The molecule has 0 saturated carbocycles. The summed E-state index contributed by atoms with van der Waals surface area (Å²) in [6, 6.07) is 11.8. The zero-order valence-corrected chi connectivity index (χ0v) is 17.7. The lowest BCUT2D eigenvalue weighted by molar-refractivity contribution is -0.140. The number of halogens is 2. The molecule has 7 heteroatoms. The van der Waals surface area contributed by atoms with Gasteiger partial charge in [-0.25, -0.2) is 0 Å². The summed E-state index contributed by atoms with van der Waals surface area (Å²) in [4.78, 5) is 27.1. The maximum Gasteiger partial charge on any atom is 0.242 e. The van der Waals surface area contributed by atoms with Crippen molar-refractivity contribution in [3.8, 4) is 5.75 Å². The molecular weight excluding hydrogens is 399 g/mol. The van der Waals surface area contributed by atoms with E-state index >= 15 is 0 Å². The zero-order chi connectivity index (χ0) is 20.7. The molecule has 1 N–H and O–H groups in total. The molecule has 2 rings (SSSR count). The molecule has 0 spiro atoms. The molecule has 2 amide bonds. The first-order valence-electron chi connectivity index (χ1n) is 8.98. The van der Waals surface area contributed by atoms with Gasteiger partial charge in [-0.15, -0.1) is 0 Å². The van der Waals surface area contributed by atoms with E-state index in [4.69, 9.17) is 27.9 Å². The Balaban J connectivity index is 2.33. The number of carbonyl (C=O) groups excluding carboxylic acids is 2. The molecule has 5 nitrogen and oxygen atoms in total. The van der Waals surface area contributed by atoms with Crippen LogP contribution in [0.5, 0.6) is 5.75 Å². The maximum atomic E-state index is 13.1. The molecule has 0 saturated heterocycles. The molecule has 0 aromatic heterocycles. The Kier molecular flexibility index (Phi) is 8.15. The van der Waals surface area contributed by atoms with Crippen molar-refractivity contribution in [1.29, 1.82) is 0 Å². The fourth-order valence-corrected chi connectivity index (χ4v) is 3.48. The predicted molar refractivity (Wildman–Crippen MR) is 112 cm³/mol. The quantitative estimate of drug-likeness (QED) is 0.696. The van der Waals surface area contributed by atoms with Crippen molar-refractivity contribution in [2.24, 2.45) is 0 Å². The van der Waals surface area contributed by atoms with Crippen LogP contribution in [0.1, 0.15) is 24.5 Å². The van der Waals surface area contributed by atoms with Gasteiger partial charge in [0.1, 0.15) is 11.8 Å². The standard InChI is InChI=1S/C21H24Cl2N2O3/c1-4-19(21(27)24-2)25(13-16-17(22)6-5-7-18(16)23)20(26)12-14-8-10-15(28-3)11-9-14/h5-11,19H,4,12-13H2,1-3H3,(H,24,27)/t19-/m0/s1. The van der Waals surface area contributed by atoms with Gasteiger partial charge in [0.2, 0.25) is 11.8 Å². The molecule has 0 aliphatic carbocycles. The van der Waals surface area contributed by atoms with Crippen molar-refractivity contribution < 1.29 is 14.3 Å². The van der Waals surface area contributed by atoms with E-state index in [-0.39, 0.29) is 24.8 Å². The molecule has 0 aliphatic rings. The predicted octanol–water partition coefficient (Wildman–Crippen LogP) is 4.10. The number of likely N-dealkylation sites (N-methyl/N-ethyl adjacent to an activating group) is 1. The van der Waals surface area contributed by atoms with Gasteiger partial charge in [-0.3, -0.25) is 9.59 Å². The molecule has 0 aliphatic heterocycles. The number of nitrogens with zero attached hydrogens (tertiary/aromatic N) is 1. The van der Waals surface area contributed by atoms with Crippen molar-refractivity contribution in [3.63, 3.8) is 0 Å². The van der Waals surface area contributed by atoms with Crippen LogP contribution in [0.2, 0.25) is 10.0 Å². The minimum Gasteiger partial charge on any atom is -0.497 e. The maximum absolute atomic E-state index is 13.1. The van der Waals surface area contributed by atoms with Gasteiger partial charge in [0.15, 0.2) is 0 Å². The normalized spacial score (nSPS) is 11.6. The molecule has 0 radical (unpaired) electrons. The van der Waals surface area contributed by atoms with Gasteiger partial charge in [-0.1, -0.05) is 48.3 Å². The van der Waals surface area contributed by atoms with Gasteiger partial charge in [-0.05, 0) is 36.2 Å². The van der Waals surface area contributed by atoms with Crippen LogP contribution in [0.3, 0.4) is 0 Å². The molecule has 150 valence electrons. The summed E-state index contributed by atoms with van der Waals surface area (Å²) in [5.41, 5.74) is 1.45. The highest BCUT2D eigenvalue weighted by Crippen LogP contribution is 2.27. The zero-order valence-electron chi connectivity index (χ0n) is 16.2. The van der Waals surface area contributed by atoms with E-state index in [0.717, 1.165) is 5.56 Å². The third-order valence-corrected chi connectivity index (χ3v) is 5.25. The van der Waals surface area contributed by atoms with Crippen LogP contribution in [-0.4, -0.2) is 36.9 Å². The first kappa shape index (κ1) is 22.1. The van der Waals surface area contributed by atoms with Gasteiger partial charge < -0.3 is 15.0 Å². The Bertz CT molecular complexity index is 805. The number of benzene rings is 2. The number of rotatable bonds is 8. The van der Waals surface area contributed by atoms with Crippen LogP contribution >= 0.6 is 23.2 Å². The Morgan fingerprint density at radius 1 is 1.11 bits per heavy atom. The Hall–Kier alpha value is -2.24. The van der Waals surface area contributed by atoms with E-state index < -0.39 is 6.04 Å². The largest absolute Gasteiger partial charge is 0.497 e. The van der Waals surface area contributed by atoms with E-state index in [0.29, 0.717) is 27.8 Å². The summed E-state index contributed by atoms with van der Waals surface area (Å²) in [5.74, 6) is 0.304. The van der Waals surface area contributed by atoms with E-state index in [1.54, 1.807) is 44.5 Å². The van der Waals surface area contributed by atoms with Gasteiger partial charge >= 0.3 is 0 Å². The van der Waals surface area contributed by atoms with Crippen LogP contribution in [-0.2, 0) is 22.6 Å². The fraction of sp³-hybridized carbons (Fsp3) is 0.333. The molecule has 0 fully saturated rings. The lowest BCUT2D eigenvalue weighted by atomic mass is 10.1. The summed E-state index contributed by atoms with van der Waals surface area (Å²) < 4.78 is 5.15. The first-order valence-corrected chi connectivity index (χ1v) is 9.73. The van der Waals surface area contributed by atoms with Crippen LogP contribution < -0.4 is 10.1 Å². The van der Waals surface area contributed by atoms with Gasteiger partial charge in [-0.2, -0.15) is 0 Å². The Morgan fingerprint density at radius 3 is 2.21 bits per heavy atom. The molecular formula is C21H24Cl2N2O3. The number of ether oxygens (including phenoxy) is 1. The second kappa shape index (κ2) is 10.3. The third-order valence-electron chi connectivity index (χ3n) is 4.54. The third kappa shape index (κ3) is 5.40. The molecule has 0 bridgehead atoms. The van der Waals surface area contributed by atoms with Crippen molar-refractivity contribution in [2.75, 3.05) is 14.2 Å². The number of hydrogen-bond donors (Lipinski definition) is 1. The van der Waals surface area contributed by atoms with Crippen LogP contribution in [0.15, 0.2) is 42.5 Å². The molecule has 2 aromatic rings. The number of carbonyl (C=O) groups is 2. The lowest BCUT2D eigenvalue weighted by Crippen LogP contribution is -2.48. The van der Waals surface area contributed by atoms with Crippen LogP contribution in [0.25, 0.3) is 0 Å². The first-order chi connectivity index (χ1) is 13.4. The monoisotopic (exact) mass is 422 g/mol. The SMILES string of the molecule is CC[C@@H](C(=O)NC)N(Cc1c(Cl)cccc1Cl)C(=O)Cc1ccc(OC)cc1. The van der Waals surface area contributed by atoms with Crippen LogP contribution in [0.4, 0.5) is 0 Å². The van der Waals surface area contributed by atoms with E-state index in [1.165, 1.54) is 4.90 Å². The molecule has 28 heavy (non-hydrogen) atoms. The fourth-order valence-electron chi connectivity index (χ4n) is 2.96. The van der Waals surface area contributed by atoms with E-state index in [2.05, 4.69) is 5.32 Å². The van der Waals surface area contributed by atoms with E-state index in [1.807, 2.05) is 19.1 Å². The smallest absolute Gasteiger partial charge is 0.242 e. The highest BCUT2D eigenvalue weighted by Gasteiger charge is 2.29. The molecule has 2 aromatic carbocycles. The molecule has 1 atom stereocenters. The number of nitrogens with one attached hydrogen (secondary N) is 1. The van der Waals surface area contributed by atoms with Gasteiger partial charge in [0.05, 0.1) is 13.5 Å². The lowest BCUT2D eigenvalue weighted by Gasteiger charge is -2.31. The summed E-state index contributed by atoms with van der Waals surface area (Å²) >= 11 is 12.6. The summed E-state index contributed by atoms with van der Waals surface area (Å²) in [6.07, 6.45) is 0.621. The molecule has 0 heterocycles. The Morgan fingerprint density at radius 2 is 1.71 bits per heavy atom. The summed E-state index contributed by atoms with van der Waals surface area (Å²) in [5, 5.41) is 3.55. The van der Waals surface area contributed by atoms with E-state index in [9.17, 15) is 9.59 Å². The highest BCUT2D eigenvalue weighted by atomic mass is 35.5. The van der Waals surface area contributed by atoms with Crippen molar-refractivity contribution in [1.82, 2.24) is 10.2 Å². The number of hydrogen-bond acceptors (Lipinski definition) is 3. The summed E-state index contributed by atoms with van der Waals surface area (Å²) in [7, 11) is 3.14. The minimum absolute atomic E-state index is 0.152. The van der Waals surface area contributed by atoms with Crippen molar-refractivity contribution in [2.45, 2.75) is 32.4 Å². The molecule has 0 unspecified atom stereocenters. The Labute approximate surface area is 175 Å². The number of amides is 2.